The first-order valence-electron chi connectivity index (χ1n) is 33.2. The van der Waals surface area contributed by atoms with Gasteiger partial charge in [-0.25, -0.2) is 34.9 Å². The van der Waals surface area contributed by atoms with Crippen molar-refractivity contribution in [3.63, 3.8) is 0 Å². The highest BCUT2D eigenvalue weighted by molar-refractivity contribution is 6.16. The monoisotopic (exact) mass is 1260 g/mol. The van der Waals surface area contributed by atoms with Crippen LogP contribution in [0.4, 0.5) is 0 Å². The number of rotatable bonds is 12. The molecule has 6 heterocycles. The van der Waals surface area contributed by atoms with Gasteiger partial charge in [0.05, 0.1) is 67.1 Å². The lowest BCUT2D eigenvalue weighted by molar-refractivity contribution is 1.03. The van der Waals surface area contributed by atoms with Crippen molar-refractivity contribution in [1.29, 1.82) is 0 Å². The van der Waals surface area contributed by atoms with Crippen LogP contribution in [0, 0.1) is 0 Å². The lowest BCUT2D eigenvalue weighted by Gasteiger charge is -2.26. The van der Waals surface area contributed by atoms with Crippen molar-refractivity contribution in [2.75, 3.05) is 0 Å². The van der Waals surface area contributed by atoms with E-state index in [1.165, 1.54) is 0 Å². The Morgan fingerprint density at radius 3 is 1.01 bits per heavy atom. The van der Waals surface area contributed by atoms with E-state index in [9.17, 15) is 0 Å². The topological polar surface area (TPSA) is 105 Å². The van der Waals surface area contributed by atoms with Crippen molar-refractivity contribution in [3.05, 3.63) is 340 Å². The third kappa shape index (κ3) is 9.76. The van der Waals surface area contributed by atoms with Crippen LogP contribution in [-0.2, 0) is 0 Å². The molecule has 0 saturated carbocycles. The zero-order valence-electron chi connectivity index (χ0n) is 53.3. The fourth-order valence-corrected chi connectivity index (χ4v) is 14.5. The van der Waals surface area contributed by atoms with E-state index in [-0.39, 0.29) is 0 Å². The molecule has 13 aromatic carbocycles. The third-order valence-corrected chi connectivity index (χ3v) is 19.0. The SMILES string of the molecule is c1ccc(-c2ccc3c(c2)c2ccc(-c4cccc(-c5ccccc5)n4)cc2n3-c2c(-c3nc(-c4ccccc4)nc(-c4ccccc4)n3)cc(-n3c4ccccc4c4ccccc43)c(-n3c4ccccc4c4ccccc43)c2-c2nc(-c3ccccc3)nc(-c3ccccc3)n2)cc1. The van der Waals surface area contributed by atoms with E-state index in [2.05, 4.69) is 275 Å². The van der Waals surface area contributed by atoms with Gasteiger partial charge in [-0.3, -0.25) is 0 Å². The highest BCUT2D eigenvalue weighted by Crippen LogP contribution is 2.50. The number of para-hydroxylation sites is 4. The van der Waals surface area contributed by atoms with Crippen molar-refractivity contribution in [3.8, 4) is 119 Å². The van der Waals surface area contributed by atoms with Crippen LogP contribution in [0.2, 0.25) is 0 Å². The van der Waals surface area contributed by atoms with E-state index in [1.807, 2.05) is 78.9 Å². The Morgan fingerprint density at radius 2 is 0.535 bits per heavy atom. The Balaban J connectivity index is 1.08. The zero-order valence-corrected chi connectivity index (χ0v) is 53.3. The summed E-state index contributed by atoms with van der Waals surface area (Å²) in [5.41, 5.74) is 18.7. The van der Waals surface area contributed by atoms with Crippen LogP contribution in [-0.4, -0.2) is 48.6 Å². The van der Waals surface area contributed by atoms with E-state index >= 15 is 0 Å². The molecule has 10 heteroatoms. The van der Waals surface area contributed by atoms with E-state index in [4.69, 9.17) is 34.9 Å². The van der Waals surface area contributed by atoms with Gasteiger partial charge >= 0.3 is 0 Å². The molecule has 0 spiro atoms. The summed E-state index contributed by atoms with van der Waals surface area (Å²) in [4.78, 5) is 39.6. The molecule has 0 aliphatic heterocycles. The molecule has 0 bridgehead atoms. The van der Waals surface area contributed by atoms with Crippen LogP contribution in [0.1, 0.15) is 0 Å². The molecule has 0 aliphatic rings. The fourth-order valence-electron chi connectivity index (χ4n) is 14.5. The summed E-state index contributed by atoms with van der Waals surface area (Å²) < 4.78 is 7.31. The summed E-state index contributed by atoms with van der Waals surface area (Å²) in [6.45, 7) is 0. The van der Waals surface area contributed by atoms with Crippen LogP contribution in [0.5, 0.6) is 0 Å². The zero-order chi connectivity index (χ0) is 65.3. The summed E-state index contributed by atoms with van der Waals surface area (Å²) in [7, 11) is 0. The van der Waals surface area contributed by atoms with Gasteiger partial charge in [-0.05, 0) is 71.8 Å². The summed E-state index contributed by atoms with van der Waals surface area (Å²) in [6, 6.07) is 119. The highest BCUT2D eigenvalue weighted by atomic mass is 15.1. The predicted octanol–water partition coefficient (Wildman–Crippen LogP) is 21.7. The van der Waals surface area contributed by atoms with Gasteiger partial charge < -0.3 is 13.7 Å². The number of nitrogens with zero attached hydrogens (tertiary/aromatic N) is 10. The predicted molar refractivity (Wildman–Crippen MR) is 403 cm³/mol. The minimum atomic E-state index is 0.420. The van der Waals surface area contributed by atoms with E-state index in [0.29, 0.717) is 46.1 Å². The molecule has 6 aromatic heterocycles. The van der Waals surface area contributed by atoms with E-state index in [0.717, 1.165) is 138 Å². The molecule has 0 fully saturated rings. The molecule has 462 valence electrons. The third-order valence-electron chi connectivity index (χ3n) is 19.0. The first-order chi connectivity index (χ1) is 49.1. The number of pyridine rings is 1. The number of hydrogen-bond donors (Lipinski definition) is 0. The maximum absolute atomic E-state index is 5.91. The molecule has 19 aromatic rings. The molecule has 99 heavy (non-hydrogen) atoms. The number of benzene rings is 13. The first-order valence-corrected chi connectivity index (χ1v) is 33.2. The minimum absolute atomic E-state index is 0.420. The second-order valence-electron chi connectivity index (χ2n) is 24.8. The standard InChI is InChI=1S/C89H56N10/c1-7-28-57(29-8-1)63-51-53-78-70(54-63)69-52-50-64(73-45-27-44-72(90-73)58-30-9-2-10-31-58)55-79(69)99(78)82-71(88-93-84(59-32-11-3-12-33-59)91-85(94-88)60-34-13-4-14-35-60)56-80(97-74-46-23-19-40-65(74)66-41-20-24-47-75(66)97)83(98-76-48-25-21-42-67(76)68-43-22-26-49-77(68)98)81(82)89-95-86(61-36-15-5-16-37-61)92-87(96-89)62-38-17-6-18-39-62/h1-56H. The van der Waals surface area contributed by atoms with Crippen molar-refractivity contribution < 1.29 is 0 Å². The molecule has 19 rings (SSSR count). The molecule has 0 N–H and O–H groups in total. The summed E-state index contributed by atoms with van der Waals surface area (Å²) in [6.07, 6.45) is 0. The Kier molecular flexibility index (Phi) is 13.6. The first kappa shape index (κ1) is 56.9. The summed E-state index contributed by atoms with van der Waals surface area (Å²) >= 11 is 0. The molecular formula is C89H56N10. The van der Waals surface area contributed by atoms with Gasteiger partial charge in [0.1, 0.15) is 0 Å². The quantitative estimate of drug-likeness (QED) is 0.120. The average Bonchev–Trinajstić information content (AvgIpc) is 1.60. The van der Waals surface area contributed by atoms with Crippen LogP contribution in [0.15, 0.2) is 340 Å². The molecule has 0 amide bonds. The Labute approximate surface area is 569 Å². The van der Waals surface area contributed by atoms with Gasteiger partial charge in [-0.15, -0.1) is 0 Å². The van der Waals surface area contributed by atoms with E-state index < -0.39 is 0 Å². The molecule has 0 unspecified atom stereocenters. The molecule has 0 saturated heterocycles. The van der Waals surface area contributed by atoms with Gasteiger partial charge in [0.2, 0.25) is 0 Å². The van der Waals surface area contributed by atoms with Crippen LogP contribution in [0.25, 0.3) is 184 Å². The van der Waals surface area contributed by atoms with Crippen molar-refractivity contribution in [2.24, 2.45) is 0 Å². The highest BCUT2D eigenvalue weighted by Gasteiger charge is 2.34. The number of fused-ring (bicyclic) bond motifs is 9. The second kappa shape index (κ2) is 23.7. The molecule has 0 aliphatic carbocycles. The van der Waals surface area contributed by atoms with Crippen LogP contribution in [0.3, 0.4) is 0 Å². The molecular weight excluding hydrogens is 1210 g/mol. The van der Waals surface area contributed by atoms with Gasteiger partial charge in [-0.1, -0.05) is 279 Å². The van der Waals surface area contributed by atoms with Crippen molar-refractivity contribution in [1.82, 2.24) is 48.6 Å². The fraction of sp³-hybridized carbons (Fsp3) is 0. The molecule has 0 radical (unpaired) electrons. The minimum Gasteiger partial charge on any atom is -0.308 e. The Bertz CT molecular complexity index is 6110. The largest absolute Gasteiger partial charge is 0.308 e. The molecule has 0 atom stereocenters. The Morgan fingerprint density at radius 1 is 0.182 bits per heavy atom. The Hall–Kier alpha value is -13.6. The van der Waals surface area contributed by atoms with Gasteiger partial charge in [0, 0.05) is 71.3 Å². The average molecular weight is 1270 g/mol. The van der Waals surface area contributed by atoms with Crippen LogP contribution < -0.4 is 0 Å². The van der Waals surface area contributed by atoms with E-state index in [1.54, 1.807) is 0 Å². The maximum atomic E-state index is 5.91. The lowest BCUT2D eigenvalue weighted by atomic mass is 9.98. The molecule has 10 nitrogen and oxygen atoms in total. The summed E-state index contributed by atoms with van der Waals surface area (Å²) in [5.74, 6) is 2.87. The lowest BCUT2D eigenvalue weighted by Crippen LogP contribution is -2.14. The van der Waals surface area contributed by atoms with Crippen LogP contribution >= 0.6 is 0 Å². The number of aromatic nitrogens is 10. The maximum Gasteiger partial charge on any atom is 0.168 e. The van der Waals surface area contributed by atoms with Gasteiger partial charge in [0.25, 0.3) is 0 Å². The van der Waals surface area contributed by atoms with Gasteiger partial charge in [0.15, 0.2) is 34.9 Å². The second-order valence-corrected chi connectivity index (χ2v) is 24.8. The normalized spacial score (nSPS) is 11.6. The number of hydrogen-bond acceptors (Lipinski definition) is 7. The van der Waals surface area contributed by atoms with Crippen molar-refractivity contribution >= 4 is 65.4 Å². The van der Waals surface area contributed by atoms with Gasteiger partial charge in [-0.2, -0.15) is 0 Å². The smallest absolute Gasteiger partial charge is 0.168 e. The summed E-state index contributed by atoms with van der Waals surface area (Å²) in [5, 5.41) is 6.41. The van der Waals surface area contributed by atoms with Crippen molar-refractivity contribution in [2.45, 2.75) is 0 Å².